The summed E-state index contributed by atoms with van der Waals surface area (Å²) in [5.74, 6) is 1.07. The van der Waals surface area contributed by atoms with Crippen molar-refractivity contribution >= 4 is 16.6 Å². The number of nitrogens with two attached hydrogens (primary N) is 1. The van der Waals surface area contributed by atoms with E-state index in [1.54, 1.807) is 25.4 Å². The highest BCUT2D eigenvalue weighted by Gasteiger charge is 2.17. The van der Waals surface area contributed by atoms with Crippen LogP contribution in [-0.4, -0.2) is 19.2 Å². The summed E-state index contributed by atoms with van der Waals surface area (Å²) < 4.78 is 30.3. The van der Waals surface area contributed by atoms with Gasteiger partial charge in [-0.15, -0.1) is 0 Å². The maximum absolute atomic E-state index is 13.9. The van der Waals surface area contributed by atoms with E-state index in [9.17, 15) is 4.39 Å². The number of hydrogen-bond donors (Lipinski definition) is 2. The third-order valence-corrected chi connectivity index (χ3v) is 3.33. The molecule has 0 radical (unpaired) electrons. The van der Waals surface area contributed by atoms with Gasteiger partial charge in [-0.05, 0) is 18.2 Å². The number of anilines is 1. The van der Waals surface area contributed by atoms with Crippen LogP contribution in [0.2, 0.25) is 0 Å². The molecule has 1 aromatic heterocycles. The molecular formula is C16H15FN2O3. The Balaban J connectivity index is 2.12. The molecule has 0 aliphatic heterocycles. The number of nitrogens with one attached hydrogen (secondary N) is 1. The molecule has 1 heterocycles. The van der Waals surface area contributed by atoms with Gasteiger partial charge in [0, 0.05) is 29.4 Å². The summed E-state index contributed by atoms with van der Waals surface area (Å²) in [4.78, 5) is 3.06. The zero-order valence-corrected chi connectivity index (χ0v) is 12.1. The molecule has 3 rings (SSSR count). The molecule has 0 bridgehead atoms. The maximum Gasteiger partial charge on any atom is 0.185 e. The third-order valence-electron chi connectivity index (χ3n) is 3.33. The number of benzene rings is 2. The summed E-state index contributed by atoms with van der Waals surface area (Å²) >= 11 is 0. The van der Waals surface area contributed by atoms with Gasteiger partial charge in [0.15, 0.2) is 23.1 Å². The Hall–Kier alpha value is -2.89. The molecule has 22 heavy (non-hydrogen) atoms. The van der Waals surface area contributed by atoms with Gasteiger partial charge in [0.25, 0.3) is 0 Å². The normalized spacial score (nSPS) is 10.7. The molecule has 114 valence electrons. The fourth-order valence-corrected chi connectivity index (χ4v) is 2.31. The number of fused-ring (bicyclic) bond motifs is 1. The molecule has 0 aliphatic carbocycles. The van der Waals surface area contributed by atoms with E-state index in [-0.39, 0.29) is 5.75 Å². The van der Waals surface area contributed by atoms with E-state index in [0.717, 1.165) is 5.39 Å². The minimum atomic E-state index is -0.529. The largest absolute Gasteiger partial charge is 0.493 e. The summed E-state index contributed by atoms with van der Waals surface area (Å²) in [5.41, 5.74) is 6.59. The minimum absolute atomic E-state index is 0.0870. The monoisotopic (exact) mass is 302 g/mol. The number of hydrogen-bond acceptors (Lipinski definition) is 4. The molecule has 0 saturated carbocycles. The van der Waals surface area contributed by atoms with Crippen LogP contribution in [0.5, 0.6) is 23.0 Å². The quantitative estimate of drug-likeness (QED) is 0.721. The van der Waals surface area contributed by atoms with Crippen molar-refractivity contribution < 1.29 is 18.6 Å². The molecule has 0 aliphatic rings. The van der Waals surface area contributed by atoms with Crippen LogP contribution in [0.25, 0.3) is 10.9 Å². The summed E-state index contributed by atoms with van der Waals surface area (Å²) in [7, 11) is 3.08. The van der Waals surface area contributed by atoms with Gasteiger partial charge in [-0.25, -0.2) is 4.39 Å². The molecule has 5 nitrogen and oxygen atoms in total. The lowest BCUT2D eigenvalue weighted by Gasteiger charge is -2.13. The van der Waals surface area contributed by atoms with Gasteiger partial charge in [0.1, 0.15) is 5.75 Å². The number of ether oxygens (including phenoxy) is 3. The number of rotatable bonds is 4. The fourth-order valence-electron chi connectivity index (χ4n) is 2.31. The van der Waals surface area contributed by atoms with Crippen molar-refractivity contribution in [3.63, 3.8) is 0 Å². The molecule has 6 heteroatoms. The Kier molecular flexibility index (Phi) is 3.50. The Bertz CT molecular complexity index is 830. The van der Waals surface area contributed by atoms with Crippen molar-refractivity contribution in [2.24, 2.45) is 0 Å². The molecule has 0 unspecified atom stereocenters. The van der Waals surface area contributed by atoms with Crippen LogP contribution < -0.4 is 19.9 Å². The van der Waals surface area contributed by atoms with Crippen LogP contribution in [0, 0.1) is 5.82 Å². The molecule has 3 N–H and O–H groups in total. The molecule has 0 saturated heterocycles. The summed E-state index contributed by atoms with van der Waals surface area (Å²) in [6.45, 7) is 0. The van der Waals surface area contributed by atoms with Crippen LogP contribution in [0.4, 0.5) is 10.1 Å². The van der Waals surface area contributed by atoms with Crippen molar-refractivity contribution in [3.05, 3.63) is 42.3 Å². The first kappa shape index (κ1) is 14.1. The lowest BCUT2D eigenvalue weighted by Crippen LogP contribution is -1.95. The molecule has 0 atom stereocenters. The van der Waals surface area contributed by atoms with Gasteiger partial charge in [-0.1, -0.05) is 0 Å². The van der Waals surface area contributed by atoms with Crippen LogP contribution in [0.1, 0.15) is 0 Å². The van der Waals surface area contributed by atoms with E-state index >= 15 is 0 Å². The summed E-state index contributed by atoms with van der Waals surface area (Å²) in [6, 6.07) is 7.75. The standard InChI is InChI=1S/C16H15FN2O3/c1-20-14-8-13(10-5-6-19-15(10)16(14)21-2)22-12-4-3-9(18)7-11(12)17/h3-8,19H,18H2,1-2H3. The van der Waals surface area contributed by atoms with E-state index in [4.69, 9.17) is 19.9 Å². The maximum atomic E-state index is 13.9. The zero-order valence-electron chi connectivity index (χ0n) is 12.1. The smallest absolute Gasteiger partial charge is 0.185 e. The Morgan fingerprint density at radius 2 is 1.82 bits per heavy atom. The second kappa shape index (κ2) is 5.48. The first-order chi connectivity index (χ1) is 10.6. The zero-order chi connectivity index (χ0) is 15.7. The van der Waals surface area contributed by atoms with E-state index in [0.29, 0.717) is 28.5 Å². The molecular weight excluding hydrogens is 287 g/mol. The predicted octanol–water partition coefficient (Wildman–Crippen LogP) is 3.70. The number of methoxy groups -OCH3 is 2. The van der Waals surface area contributed by atoms with Crippen LogP contribution in [0.3, 0.4) is 0 Å². The number of aromatic nitrogens is 1. The highest BCUT2D eigenvalue weighted by atomic mass is 19.1. The minimum Gasteiger partial charge on any atom is -0.493 e. The number of H-pyrrole nitrogens is 1. The van der Waals surface area contributed by atoms with Crippen molar-refractivity contribution in [3.8, 4) is 23.0 Å². The van der Waals surface area contributed by atoms with E-state index in [2.05, 4.69) is 4.98 Å². The fraction of sp³-hybridized carbons (Fsp3) is 0.125. The molecule has 2 aromatic carbocycles. The number of nitrogen functional groups attached to an aromatic ring is 1. The third kappa shape index (κ3) is 2.28. The van der Waals surface area contributed by atoms with Crippen LogP contribution >= 0.6 is 0 Å². The second-order valence-electron chi connectivity index (χ2n) is 4.67. The lowest BCUT2D eigenvalue weighted by molar-refractivity contribution is 0.355. The molecule has 0 amide bonds. The van der Waals surface area contributed by atoms with Crippen molar-refractivity contribution in [2.45, 2.75) is 0 Å². The highest BCUT2D eigenvalue weighted by Crippen LogP contribution is 2.42. The molecule has 0 spiro atoms. The summed E-state index contributed by atoms with van der Waals surface area (Å²) in [5, 5.41) is 0.758. The first-order valence-corrected chi connectivity index (χ1v) is 6.59. The predicted molar refractivity (Wildman–Crippen MR) is 82.3 cm³/mol. The van der Waals surface area contributed by atoms with Crippen LogP contribution in [-0.2, 0) is 0 Å². The van der Waals surface area contributed by atoms with Gasteiger partial charge in [0.2, 0.25) is 0 Å². The number of halogens is 1. The van der Waals surface area contributed by atoms with Crippen molar-refractivity contribution in [2.75, 3.05) is 20.0 Å². The van der Waals surface area contributed by atoms with Gasteiger partial charge < -0.3 is 24.9 Å². The first-order valence-electron chi connectivity index (χ1n) is 6.59. The van der Waals surface area contributed by atoms with Gasteiger partial charge in [-0.2, -0.15) is 0 Å². The average Bonchev–Trinajstić information content (AvgIpc) is 2.99. The van der Waals surface area contributed by atoms with E-state index in [1.165, 1.54) is 19.2 Å². The van der Waals surface area contributed by atoms with Crippen molar-refractivity contribution in [1.82, 2.24) is 4.98 Å². The van der Waals surface area contributed by atoms with Gasteiger partial charge in [0.05, 0.1) is 19.7 Å². The SMILES string of the molecule is COc1cc(Oc2ccc(N)cc2F)c2cc[nH]c2c1OC. The summed E-state index contributed by atoms with van der Waals surface area (Å²) in [6.07, 6.45) is 1.75. The lowest BCUT2D eigenvalue weighted by atomic mass is 10.2. The number of aromatic amines is 1. The average molecular weight is 302 g/mol. The molecule has 3 aromatic rings. The van der Waals surface area contributed by atoms with E-state index < -0.39 is 5.82 Å². The highest BCUT2D eigenvalue weighted by molar-refractivity contribution is 5.93. The Morgan fingerprint density at radius 3 is 2.50 bits per heavy atom. The topological polar surface area (TPSA) is 69.5 Å². The van der Waals surface area contributed by atoms with Gasteiger partial charge in [-0.3, -0.25) is 0 Å². The van der Waals surface area contributed by atoms with Gasteiger partial charge >= 0.3 is 0 Å². The second-order valence-corrected chi connectivity index (χ2v) is 4.67. The Morgan fingerprint density at radius 1 is 1.00 bits per heavy atom. The van der Waals surface area contributed by atoms with Crippen LogP contribution in [0.15, 0.2) is 36.5 Å². The van der Waals surface area contributed by atoms with Crippen molar-refractivity contribution in [1.29, 1.82) is 0 Å². The Labute approximate surface area is 126 Å². The molecule has 0 fully saturated rings. The van der Waals surface area contributed by atoms with E-state index in [1.807, 2.05) is 6.07 Å².